The molecule has 3 heterocycles. The molecule has 0 radical (unpaired) electrons. The second-order valence-corrected chi connectivity index (χ2v) is 5.02. The summed E-state index contributed by atoms with van der Waals surface area (Å²) >= 11 is 0. The summed E-state index contributed by atoms with van der Waals surface area (Å²) in [6, 6.07) is 2.06. The van der Waals surface area contributed by atoms with Gasteiger partial charge in [-0.3, -0.25) is 20.9 Å². The summed E-state index contributed by atoms with van der Waals surface area (Å²) in [5.74, 6) is 5.76. The average molecular weight is 285 g/mol. The number of nitrogens with one attached hydrogen (secondary N) is 1. The van der Waals surface area contributed by atoms with Crippen molar-refractivity contribution >= 4 is 5.52 Å². The fraction of sp³-hybridized carbons (Fsp3) is 0.357. The van der Waals surface area contributed by atoms with Gasteiger partial charge in [0.1, 0.15) is 0 Å². The zero-order valence-electron chi connectivity index (χ0n) is 12.2. The van der Waals surface area contributed by atoms with Crippen molar-refractivity contribution in [2.24, 2.45) is 5.84 Å². The third-order valence-electron chi connectivity index (χ3n) is 3.63. The van der Waals surface area contributed by atoms with E-state index in [2.05, 4.69) is 33.6 Å². The Hall–Kier alpha value is -2.25. The number of hydrogen-bond acceptors (Lipinski definition) is 5. The first kappa shape index (κ1) is 13.7. The minimum absolute atomic E-state index is 0.0342. The third-order valence-corrected chi connectivity index (χ3v) is 3.63. The van der Waals surface area contributed by atoms with E-state index in [9.17, 15) is 0 Å². The predicted octanol–water partition coefficient (Wildman–Crippen LogP) is 1.00. The van der Waals surface area contributed by atoms with Crippen molar-refractivity contribution in [3.63, 3.8) is 0 Å². The standard InChI is InChI=1S/C14H19N7/c1-3-20-11(6-10(2)19-20)7-13(18-15)12-8-17-21-5-4-16-9-14(12)21/h4-6,8-9,13,18H,3,7,15H2,1-2H3. The van der Waals surface area contributed by atoms with Crippen LogP contribution in [-0.2, 0) is 13.0 Å². The summed E-state index contributed by atoms with van der Waals surface area (Å²) in [6.45, 7) is 4.93. The molecule has 3 aromatic heterocycles. The highest BCUT2D eigenvalue weighted by atomic mass is 15.3. The maximum absolute atomic E-state index is 5.76. The predicted molar refractivity (Wildman–Crippen MR) is 79.4 cm³/mol. The molecule has 21 heavy (non-hydrogen) atoms. The summed E-state index contributed by atoms with van der Waals surface area (Å²) < 4.78 is 3.80. The first-order chi connectivity index (χ1) is 10.2. The van der Waals surface area contributed by atoms with E-state index in [0.717, 1.165) is 35.4 Å². The van der Waals surface area contributed by atoms with Crippen molar-refractivity contribution in [3.05, 3.63) is 47.8 Å². The highest BCUT2D eigenvalue weighted by Crippen LogP contribution is 2.22. The molecule has 0 saturated carbocycles. The smallest absolute Gasteiger partial charge is 0.0893 e. The molecule has 0 saturated heterocycles. The fourth-order valence-electron chi connectivity index (χ4n) is 2.63. The van der Waals surface area contributed by atoms with Crippen molar-refractivity contribution < 1.29 is 0 Å². The Morgan fingerprint density at radius 1 is 1.38 bits per heavy atom. The van der Waals surface area contributed by atoms with E-state index in [1.165, 1.54) is 0 Å². The van der Waals surface area contributed by atoms with Gasteiger partial charge in [-0.25, -0.2) is 4.52 Å². The summed E-state index contributed by atoms with van der Waals surface area (Å²) in [4.78, 5) is 4.16. The molecule has 0 fully saturated rings. The maximum atomic E-state index is 5.76. The van der Waals surface area contributed by atoms with Crippen LogP contribution < -0.4 is 11.3 Å². The van der Waals surface area contributed by atoms with E-state index < -0.39 is 0 Å². The van der Waals surface area contributed by atoms with Gasteiger partial charge in [0.05, 0.1) is 29.6 Å². The number of hydrogen-bond donors (Lipinski definition) is 2. The van der Waals surface area contributed by atoms with Gasteiger partial charge in [0.2, 0.25) is 0 Å². The summed E-state index contributed by atoms with van der Waals surface area (Å²) in [5.41, 5.74) is 7.05. The molecule has 110 valence electrons. The van der Waals surface area contributed by atoms with Gasteiger partial charge >= 0.3 is 0 Å². The molecule has 3 N–H and O–H groups in total. The number of nitrogens with two attached hydrogens (primary N) is 1. The summed E-state index contributed by atoms with van der Waals surface area (Å²) in [7, 11) is 0. The van der Waals surface area contributed by atoms with Crippen LogP contribution in [0.15, 0.2) is 30.9 Å². The van der Waals surface area contributed by atoms with Crippen LogP contribution in [0.3, 0.4) is 0 Å². The Bertz CT molecular complexity index is 743. The van der Waals surface area contributed by atoms with E-state index in [1.807, 2.05) is 24.0 Å². The quantitative estimate of drug-likeness (QED) is 0.539. The van der Waals surface area contributed by atoms with Gasteiger partial charge in [-0.2, -0.15) is 10.2 Å². The second kappa shape index (κ2) is 5.63. The van der Waals surface area contributed by atoms with E-state index in [-0.39, 0.29) is 6.04 Å². The molecule has 0 aromatic carbocycles. The van der Waals surface area contributed by atoms with Gasteiger partial charge in [0.15, 0.2) is 0 Å². The first-order valence-corrected chi connectivity index (χ1v) is 6.99. The number of nitrogens with zero attached hydrogens (tertiary/aromatic N) is 5. The molecule has 7 nitrogen and oxygen atoms in total. The van der Waals surface area contributed by atoms with Crippen LogP contribution in [0, 0.1) is 6.92 Å². The monoisotopic (exact) mass is 285 g/mol. The number of fused-ring (bicyclic) bond motifs is 1. The zero-order chi connectivity index (χ0) is 14.8. The van der Waals surface area contributed by atoms with Crippen LogP contribution in [0.5, 0.6) is 0 Å². The Balaban J connectivity index is 1.95. The van der Waals surface area contributed by atoms with E-state index >= 15 is 0 Å². The second-order valence-electron chi connectivity index (χ2n) is 5.02. The SMILES string of the molecule is CCn1nc(C)cc1CC(NN)c1cnn2ccncc12. The third kappa shape index (κ3) is 2.53. The van der Waals surface area contributed by atoms with Gasteiger partial charge in [-0.05, 0) is 19.9 Å². The van der Waals surface area contributed by atoms with Gasteiger partial charge in [0.25, 0.3) is 0 Å². The Morgan fingerprint density at radius 2 is 2.24 bits per heavy atom. The largest absolute Gasteiger partial charge is 0.271 e. The lowest BCUT2D eigenvalue weighted by Gasteiger charge is -2.15. The van der Waals surface area contributed by atoms with Crippen LogP contribution in [0.1, 0.15) is 29.9 Å². The number of aromatic nitrogens is 5. The lowest BCUT2D eigenvalue weighted by atomic mass is 10.0. The molecular formula is C14H19N7. The van der Waals surface area contributed by atoms with Crippen LogP contribution >= 0.6 is 0 Å². The molecule has 0 aliphatic rings. The van der Waals surface area contributed by atoms with Gasteiger partial charge in [0, 0.05) is 36.6 Å². The van der Waals surface area contributed by atoms with Crippen LogP contribution in [0.4, 0.5) is 0 Å². The molecule has 1 atom stereocenters. The average Bonchev–Trinajstić information content (AvgIpc) is 3.08. The number of rotatable bonds is 5. The minimum atomic E-state index is -0.0342. The van der Waals surface area contributed by atoms with Crippen LogP contribution in [0.2, 0.25) is 0 Å². The summed E-state index contributed by atoms with van der Waals surface area (Å²) in [6.07, 6.45) is 7.93. The molecule has 3 rings (SSSR count). The molecule has 0 aliphatic heterocycles. The molecule has 0 bridgehead atoms. The van der Waals surface area contributed by atoms with Crippen LogP contribution in [0.25, 0.3) is 5.52 Å². The van der Waals surface area contributed by atoms with Gasteiger partial charge < -0.3 is 0 Å². The topological polar surface area (TPSA) is 86.1 Å². The lowest BCUT2D eigenvalue weighted by Crippen LogP contribution is -2.30. The molecule has 7 heteroatoms. The van der Waals surface area contributed by atoms with Crippen molar-refractivity contribution in [2.75, 3.05) is 0 Å². The molecule has 0 aliphatic carbocycles. The van der Waals surface area contributed by atoms with Crippen molar-refractivity contribution in [2.45, 2.75) is 32.9 Å². The Labute approximate surface area is 122 Å². The highest BCUT2D eigenvalue weighted by molar-refractivity contribution is 5.53. The molecule has 1 unspecified atom stereocenters. The van der Waals surface area contributed by atoms with Gasteiger partial charge in [-0.1, -0.05) is 0 Å². The molecule has 3 aromatic rings. The molecular weight excluding hydrogens is 266 g/mol. The van der Waals surface area contributed by atoms with Crippen LogP contribution in [-0.4, -0.2) is 24.4 Å². The zero-order valence-corrected chi connectivity index (χ0v) is 12.2. The van der Waals surface area contributed by atoms with E-state index in [0.29, 0.717) is 0 Å². The molecule has 0 spiro atoms. The minimum Gasteiger partial charge on any atom is -0.271 e. The Morgan fingerprint density at radius 3 is 3.00 bits per heavy atom. The highest BCUT2D eigenvalue weighted by Gasteiger charge is 2.18. The maximum Gasteiger partial charge on any atom is 0.0893 e. The molecule has 0 amide bonds. The fourth-order valence-corrected chi connectivity index (χ4v) is 2.63. The number of hydrazine groups is 1. The van der Waals surface area contributed by atoms with E-state index in [1.54, 1.807) is 16.9 Å². The van der Waals surface area contributed by atoms with Crippen molar-refractivity contribution in [3.8, 4) is 0 Å². The van der Waals surface area contributed by atoms with E-state index in [4.69, 9.17) is 5.84 Å². The number of aryl methyl sites for hydroxylation is 2. The normalized spacial score (nSPS) is 12.9. The lowest BCUT2D eigenvalue weighted by molar-refractivity contribution is 0.519. The summed E-state index contributed by atoms with van der Waals surface area (Å²) in [5, 5.41) is 8.81. The van der Waals surface area contributed by atoms with Gasteiger partial charge in [-0.15, -0.1) is 0 Å². The van der Waals surface area contributed by atoms with Crippen molar-refractivity contribution in [1.29, 1.82) is 0 Å². The first-order valence-electron chi connectivity index (χ1n) is 6.99. The van der Waals surface area contributed by atoms with Crippen molar-refractivity contribution in [1.82, 2.24) is 29.8 Å². The Kier molecular flexibility index (Phi) is 3.68.